The van der Waals surface area contributed by atoms with Crippen LogP contribution in [0.25, 0.3) is 0 Å². The summed E-state index contributed by atoms with van der Waals surface area (Å²) in [5.41, 5.74) is 9.21. The molecule has 0 atom stereocenters. The van der Waals surface area contributed by atoms with E-state index in [1.807, 2.05) is 0 Å². The third-order valence-corrected chi connectivity index (χ3v) is 2.97. The molecule has 12 heteroatoms. The first-order valence-corrected chi connectivity index (χ1v) is 7.10. The van der Waals surface area contributed by atoms with Gasteiger partial charge in [-0.25, -0.2) is 5.43 Å². The quantitative estimate of drug-likeness (QED) is 0.332. The molecule has 0 saturated heterocycles. The molecular weight excluding hydrogens is 378 g/mol. The van der Waals surface area contributed by atoms with E-state index in [4.69, 9.17) is 5.73 Å². The number of hydrazone groups is 1. The van der Waals surface area contributed by atoms with Crippen LogP contribution in [0.1, 0.15) is 11.1 Å². The summed E-state index contributed by atoms with van der Waals surface area (Å²) in [5.74, 6) is -0.0821. The number of non-ortho nitro benzene ring substituents is 2. The van der Waals surface area contributed by atoms with Crippen LogP contribution in [-0.2, 0) is 0 Å². The normalized spacial score (nSPS) is 11.3. The maximum Gasteiger partial charge on any atom is 0.269 e. The Morgan fingerprint density at radius 1 is 0.889 bits per heavy atom. The summed E-state index contributed by atoms with van der Waals surface area (Å²) in [6, 6.07) is 11.5. The molecule has 0 aliphatic rings. The number of hydrogen-bond donors (Lipinski definition) is 2. The van der Waals surface area contributed by atoms with E-state index in [9.17, 15) is 20.2 Å². The number of halogens is 1. The smallest absolute Gasteiger partial charge is 0.269 e. The van der Waals surface area contributed by atoms with Crippen molar-refractivity contribution >= 4 is 42.2 Å². The lowest BCUT2D eigenvalue weighted by Crippen LogP contribution is -2.26. The van der Waals surface area contributed by atoms with E-state index in [0.717, 1.165) is 0 Å². The molecule has 2 aromatic rings. The van der Waals surface area contributed by atoms with Crippen LogP contribution in [0.4, 0.5) is 11.4 Å². The molecule has 27 heavy (non-hydrogen) atoms. The third-order valence-electron chi connectivity index (χ3n) is 2.97. The second kappa shape index (κ2) is 10.2. The molecule has 0 amide bonds. The van der Waals surface area contributed by atoms with Crippen molar-refractivity contribution in [3.8, 4) is 0 Å². The van der Waals surface area contributed by atoms with Crippen molar-refractivity contribution < 1.29 is 9.85 Å². The van der Waals surface area contributed by atoms with Crippen molar-refractivity contribution in [2.45, 2.75) is 0 Å². The lowest BCUT2D eigenvalue weighted by atomic mass is 10.2. The lowest BCUT2D eigenvalue weighted by molar-refractivity contribution is -0.385. The van der Waals surface area contributed by atoms with Gasteiger partial charge in [-0.05, 0) is 35.4 Å². The molecule has 0 aliphatic heterocycles. The number of nitro groups is 2. The van der Waals surface area contributed by atoms with Gasteiger partial charge in [-0.3, -0.25) is 20.2 Å². The highest BCUT2D eigenvalue weighted by atomic mass is 35.5. The summed E-state index contributed by atoms with van der Waals surface area (Å²) in [6.45, 7) is 0. The molecule has 0 aromatic heterocycles. The van der Waals surface area contributed by atoms with Crippen molar-refractivity contribution in [1.82, 2.24) is 5.43 Å². The van der Waals surface area contributed by atoms with E-state index in [1.165, 1.54) is 61.0 Å². The second-order valence-corrected chi connectivity index (χ2v) is 4.80. The highest BCUT2D eigenvalue weighted by Crippen LogP contribution is 2.11. The zero-order valence-electron chi connectivity index (χ0n) is 13.6. The summed E-state index contributed by atoms with van der Waals surface area (Å²) >= 11 is 0. The van der Waals surface area contributed by atoms with Crippen LogP contribution in [0.3, 0.4) is 0 Å². The average molecular weight is 392 g/mol. The van der Waals surface area contributed by atoms with Gasteiger partial charge in [-0.15, -0.1) is 17.5 Å². The summed E-state index contributed by atoms with van der Waals surface area (Å²) in [4.78, 5) is 20.1. The van der Waals surface area contributed by atoms with Gasteiger partial charge in [0.2, 0.25) is 5.96 Å². The highest BCUT2D eigenvalue weighted by molar-refractivity contribution is 5.85. The Balaban J connectivity index is 0.00000364. The summed E-state index contributed by atoms with van der Waals surface area (Å²) in [5, 5.41) is 32.3. The van der Waals surface area contributed by atoms with Gasteiger partial charge < -0.3 is 5.73 Å². The molecule has 0 aliphatic carbocycles. The Labute approximate surface area is 159 Å². The van der Waals surface area contributed by atoms with Crippen LogP contribution in [0.5, 0.6) is 0 Å². The van der Waals surface area contributed by atoms with Crippen molar-refractivity contribution in [3.63, 3.8) is 0 Å². The van der Waals surface area contributed by atoms with E-state index in [-0.39, 0.29) is 29.7 Å². The van der Waals surface area contributed by atoms with Gasteiger partial charge in [0.25, 0.3) is 11.4 Å². The van der Waals surface area contributed by atoms with Gasteiger partial charge in [0.1, 0.15) is 0 Å². The molecule has 0 saturated carbocycles. The molecule has 0 fully saturated rings. The number of nitrogens with two attached hydrogens (primary N) is 1. The van der Waals surface area contributed by atoms with Gasteiger partial charge in [-0.2, -0.15) is 10.2 Å². The van der Waals surface area contributed by atoms with Crippen molar-refractivity contribution in [2.75, 3.05) is 0 Å². The number of hydrogen-bond acceptors (Lipinski definition) is 7. The zero-order valence-corrected chi connectivity index (χ0v) is 14.4. The second-order valence-electron chi connectivity index (χ2n) is 4.80. The van der Waals surface area contributed by atoms with Gasteiger partial charge in [0.05, 0.1) is 22.3 Å². The number of nitrogens with zero attached hydrogens (tertiary/aromatic N) is 5. The first-order chi connectivity index (χ1) is 12.5. The van der Waals surface area contributed by atoms with Crippen LogP contribution in [0, 0.1) is 20.2 Å². The Morgan fingerprint density at radius 3 is 1.78 bits per heavy atom. The fourth-order valence-electron chi connectivity index (χ4n) is 1.72. The maximum atomic E-state index is 10.5. The monoisotopic (exact) mass is 391 g/mol. The predicted molar refractivity (Wildman–Crippen MR) is 103 cm³/mol. The number of nitrogens with one attached hydrogen (secondary N) is 1. The molecule has 0 spiro atoms. The lowest BCUT2D eigenvalue weighted by Gasteiger charge is -1.96. The van der Waals surface area contributed by atoms with Crippen molar-refractivity contribution in [1.29, 1.82) is 0 Å². The topological polar surface area (TPSA) is 161 Å². The minimum atomic E-state index is -0.496. The standard InChI is InChI=1S/C15H13N7O4.ClH/c16-15(19-17-9-11-1-5-13(6-2-11)21(23)24)20-18-10-12-3-7-14(8-4-12)22(25)26;/h1-10H,(H3,16,19,20);1H/b17-9-,18-10-;. The van der Waals surface area contributed by atoms with Gasteiger partial charge in [0, 0.05) is 24.3 Å². The number of benzene rings is 2. The summed E-state index contributed by atoms with van der Waals surface area (Å²) in [6.07, 6.45) is 2.78. The van der Waals surface area contributed by atoms with E-state index >= 15 is 0 Å². The first kappa shape index (κ1) is 21.2. The third kappa shape index (κ3) is 6.88. The van der Waals surface area contributed by atoms with Crippen molar-refractivity contribution in [2.24, 2.45) is 21.0 Å². The van der Waals surface area contributed by atoms with E-state index in [2.05, 4.69) is 20.7 Å². The fraction of sp³-hybridized carbons (Fsp3) is 0. The fourth-order valence-corrected chi connectivity index (χ4v) is 1.72. The van der Waals surface area contributed by atoms with Gasteiger partial charge in [0.15, 0.2) is 0 Å². The molecule has 0 radical (unpaired) electrons. The number of rotatable bonds is 6. The van der Waals surface area contributed by atoms with Crippen LogP contribution in [0.15, 0.2) is 63.8 Å². The Bertz CT molecular complexity index is 880. The highest BCUT2D eigenvalue weighted by Gasteiger charge is 2.03. The molecule has 2 aromatic carbocycles. The minimum absolute atomic E-state index is 0. The van der Waals surface area contributed by atoms with Crippen LogP contribution >= 0.6 is 12.4 Å². The molecule has 2 rings (SSSR count). The molecule has 0 heterocycles. The van der Waals surface area contributed by atoms with E-state index < -0.39 is 9.85 Å². The molecular formula is C15H14ClN7O4. The van der Waals surface area contributed by atoms with Gasteiger partial charge >= 0.3 is 0 Å². The van der Waals surface area contributed by atoms with Gasteiger partial charge in [-0.1, -0.05) is 0 Å². The zero-order chi connectivity index (χ0) is 18.9. The summed E-state index contributed by atoms with van der Waals surface area (Å²) in [7, 11) is 0. The predicted octanol–water partition coefficient (Wildman–Crippen LogP) is 2.20. The Hall–Kier alpha value is -3.86. The minimum Gasteiger partial charge on any atom is -0.367 e. The van der Waals surface area contributed by atoms with E-state index in [1.54, 1.807) is 0 Å². The SMILES string of the molecule is Cl.N/C(=N\N=C/c1ccc([N+](=O)[O-])cc1)N/N=C\c1ccc([N+](=O)[O-])cc1. The van der Waals surface area contributed by atoms with Crippen molar-refractivity contribution in [3.05, 3.63) is 79.9 Å². The largest absolute Gasteiger partial charge is 0.367 e. The molecule has 0 unspecified atom stereocenters. The average Bonchev–Trinajstić information content (AvgIpc) is 2.62. The van der Waals surface area contributed by atoms with Crippen LogP contribution in [0.2, 0.25) is 0 Å². The van der Waals surface area contributed by atoms with E-state index in [0.29, 0.717) is 11.1 Å². The van der Waals surface area contributed by atoms with Crippen LogP contribution < -0.4 is 11.2 Å². The number of nitro benzene ring substituents is 2. The summed E-state index contributed by atoms with van der Waals surface area (Å²) < 4.78 is 0. The van der Waals surface area contributed by atoms with Crippen LogP contribution in [-0.4, -0.2) is 28.2 Å². The number of guanidine groups is 1. The first-order valence-electron chi connectivity index (χ1n) is 7.10. The maximum absolute atomic E-state index is 10.5. The molecule has 0 bridgehead atoms. The molecule has 140 valence electrons. The Morgan fingerprint density at radius 2 is 1.33 bits per heavy atom. The Kier molecular flexibility index (Phi) is 8.01. The molecule has 11 nitrogen and oxygen atoms in total. The molecule has 3 N–H and O–H groups in total.